The van der Waals surface area contributed by atoms with E-state index in [0.717, 1.165) is 17.7 Å². The second-order valence-electron chi connectivity index (χ2n) is 2.93. The van der Waals surface area contributed by atoms with Gasteiger partial charge in [0.15, 0.2) is 0 Å². The van der Waals surface area contributed by atoms with Gasteiger partial charge in [-0.05, 0) is 24.6 Å². The van der Waals surface area contributed by atoms with Gasteiger partial charge in [-0.2, -0.15) is 12.6 Å². The Labute approximate surface area is 90.9 Å². The van der Waals surface area contributed by atoms with Crippen molar-refractivity contribution in [1.29, 1.82) is 0 Å². The fraction of sp³-hybridized carbons (Fsp3) is 0.333. The van der Waals surface area contributed by atoms with Crippen molar-refractivity contribution in [3.63, 3.8) is 0 Å². The van der Waals surface area contributed by atoms with Crippen LogP contribution in [-0.2, 0) is 0 Å². The summed E-state index contributed by atoms with van der Waals surface area (Å²) in [5, 5.41) is 0.154. The number of methoxy groups -OCH3 is 1. The Morgan fingerprint density at radius 1 is 1.50 bits per heavy atom. The predicted octanol–water partition coefficient (Wildman–Crippen LogP) is 2.76. The van der Waals surface area contributed by atoms with E-state index >= 15 is 0 Å². The van der Waals surface area contributed by atoms with Crippen molar-refractivity contribution in [2.75, 3.05) is 7.11 Å². The van der Waals surface area contributed by atoms with Crippen LogP contribution in [0.25, 0.3) is 0 Å². The zero-order valence-electron chi connectivity index (χ0n) is 8.45. The van der Waals surface area contributed by atoms with Gasteiger partial charge in [-0.3, -0.25) is 0 Å². The van der Waals surface area contributed by atoms with Gasteiger partial charge in [0.05, 0.1) is 12.4 Å². The van der Waals surface area contributed by atoms with E-state index in [9.17, 15) is 0 Å². The van der Waals surface area contributed by atoms with Crippen molar-refractivity contribution in [1.82, 2.24) is 0 Å². The molecule has 1 rings (SSSR count). The van der Waals surface area contributed by atoms with Crippen LogP contribution in [0.4, 0.5) is 0 Å². The topological polar surface area (TPSA) is 9.23 Å². The van der Waals surface area contributed by atoms with Crippen molar-refractivity contribution in [3.8, 4) is 17.6 Å². The largest absolute Gasteiger partial charge is 0.497 e. The summed E-state index contributed by atoms with van der Waals surface area (Å²) in [5.74, 6) is 6.96. The second-order valence-corrected chi connectivity index (χ2v) is 3.55. The summed E-state index contributed by atoms with van der Waals surface area (Å²) in [7, 11) is 1.65. The molecule has 0 N–H and O–H groups in total. The lowest BCUT2D eigenvalue weighted by Gasteiger charge is -1.99. The average Bonchev–Trinajstić information content (AvgIpc) is 2.26. The number of ether oxygens (including phenoxy) is 1. The molecule has 1 unspecified atom stereocenters. The molecule has 1 nitrogen and oxygen atoms in total. The van der Waals surface area contributed by atoms with E-state index in [0.29, 0.717) is 0 Å². The van der Waals surface area contributed by atoms with Crippen molar-refractivity contribution < 1.29 is 4.74 Å². The highest BCUT2D eigenvalue weighted by molar-refractivity contribution is 7.81. The Morgan fingerprint density at radius 3 is 2.93 bits per heavy atom. The summed E-state index contributed by atoms with van der Waals surface area (Å²) in [6.45, 7) is 2.07. The molecular formula is C12H14OS. The fourth-order valence-electron chi connectivity index (χ4n) is 0.970. The van der Waals surface area contributed by atoms with Gasteiger partial charge < -0.3 is 4.74 Å². The summed E-state index contributed by atoms with van der Waals surface area (Å²) in [6, 6.07) is 7.72. The first-order valence-corrected chi connectivity index (χ1v) is 5.11. The minimum absolute atomic E-state index is 0.154. The standard InChI is InChI=1S/C12H14OS/c1-3-12(14)8-7-10-5-4-6-11(9-10)13-2/h4-6,9,12,14H,3H2,1-2H3. The minimum atomic E-state index is 0.154. The van der Waals surface area contributed by atoms with Crippen LogP contribution in [0.2, 0.25) is 0 Å². The predicted molar refractivity (Wildman–Crippen MR) is 62.9 cm³/mol. The molecule has 0 amide bonds. The normalized spacial score (nSPS) is 11.4. The van der Waals surface area contributed by atoms with E-state index in [4.69, 9.17) is 4.74 Å². The molecule has 0 aromatic heterocycles. The summed E-state index contributed by atoms with van der Waals surface area (Å²) in [6.07, 6.45) is 0.958. The number of rotatable bonds is 2. The molecule has 0 saturated carbocycles. The Morgan fingerprint density at radius 2 is 2.29 bits per heavy atom. The summed E-state index contributed by atoms with van der Waals surface area (Å²) in [4.78, 5) is 0. The van der Waals surface area contributed by atoms with Gasteiger partial charge in [0.1, 0.15) is 5.75 Å². The first-order valence-electron chi connectivity index (χ1n) is 4.60. The summed E-state index contributed by atoms with van der Waals surface area (Å²) in [5.41, 5.74) is 0.969. The van der Waals surface area contributed by atoms with Crippen molar-refractivity contribution in [2.24, 2.45) is 0 Å². The summed E-state index contributed by atoms with van der Waals surface area (Å²) >= 11 is 4.30. The van der Waals surface area contributed by atoms with Crippen LogP contribution >= 0.6 is 12.6 Å². The van der Waals surface area contributed by atoms with E-state index in [1.165, 1.54) is 0 Å². The molecule has 14 heavy (non-hydrogen) atoms. The molecule has 0 fully saturated rings. The maximum absolute atomic E-state index is 5.10. The third-order valence-electron chi connectivity index (χ3n) is 1.84. The van der Waals surface area contributed by atoms with Crippen LogP contribution in [0.1, 0.15) is 18.9 Å². The number of thiol groups is 1. The van der Waals surface area contributed by atoms with Crippen LogP contribution < -0.4 is 4.74 Å². The first-order chi connectivity index (χ1) is 6.76. The Kier molecular flexibility index (Phi) is 4.42. The lowest BCUT2D eigenvalue weighted by atomic mass is 10.2. The molecule has 2 heteroatoms. The van der Waals surface area contributed by atoms with Gasteiger partial charge in [0.25, 0.3) is 0 Å². The smallest absolute Gasteiger partial charge is 0.120 e. The van der Waals surface area contributed by atoms with Crippen LogP contribution in [0.3, 0.4) is 0 Å². The molecule has 0 aliphatic rings. The molecule has 0 heterocycles. The molecule has 1 atom stereocenters. The average molecular weight is 206 g/mol. The lowest BCUT2D eigenvalue weighted by molar-refractivity contribution is 0.414. The monoisotopic (exact) mass is 206 g/mol. The van der Waals surface area contributed by atoms with E-state index in [1.54, 1.807) is 7.11 Å². The third kappa shape index (κ3) is 3.35. The number of benzene rings is 1. The Balaban J connectivity index is 2.79. The van der Waals surface area contributed by atoms with Gasteiger partial charge in [0, 0.05) is 5.56 Å². The van der Waals surface area contributed by atoms with Crippen LogP contribution in [-0.4, -0.2) is 12.4 Å². The Bertz CT molecular complexity index is 349. The maximum atomic E-state index is 5.10. The Hall–Kier alpha value is -1.07. The van der Waals surface area contributed by atoms with Crippen LogP contribution in [0.5, 0.6) is 5.75 Å². The molecule has 0 saturated heterocycles. The van der Waals surface area contributed by atoms with E-state index in [-0.39, 0.29) is 5.25 Å². The highest BCUT2D eigenvalue weighted by Gasteiger charge is 1.93. The second kappa shape index (κ2) is 5.62. The van der Waals surface area contributed by atoms with Gasteiger partial charge in [-0.15, -0.1) is 0 Å². The molecule has 1 aromatic carbocycles. The van der Waals surface area contributed by atoms with Crippen molar-refractivity contribution >= 4 is 12.6 Å². The van der Waals surface area contributed by atoms with E-state index < -0.39 is 0 Å². The molecule has 1 aromatic rings. The quantitative estimate of drug-likeness (QED) is 0.578. The highest BCUT2D eigenvalue weighted by Crippen LogP contribution is 2.11. The molecule has 0 spiro atoms. The van der Waals surface area contributed by atoms with Gasteiger partial charge in [-0.25, -0.2) is 0 Å². The van der Waals surface area contributed by atoms with Crippen molar-refractivity contribution in [2.45, 2.75) is 18.6 Å². The zero-order valence-corrected chi connectivity index (χ0v) is 9.34. The third-order valence-corrected chi connectivity index (χ3v) is 2.33. The molecule has 0 bridgehead atoms. The molecule has 0 aliphatic carbocycles. The van der Waals surface area contributed by atoms with E-state index in [2.05, 4.69) is 31.4 Å². The van der Waals surface area contributed by atoms with Crippen LogP contribution in [0, 0.1) is 11.8 Å². The van der Waals surface area contributed by atoms with Gasteiger partial charge in [0.2, 0.25) is 0 Å². The minimum Gasteiger partial charge on any atom is -0.497 e. The van der Waals surface area contributed by atoms with Crippen molar-refractivity contribution in [3.05, 3.63) is 29.8 Å². The molecular weight excluding hydrogens is 192 g/mol. The van der Waals surface area contributed by atoms with Crippen LogP contribution in [0.15, 0.2) is 24.3 Å². The number of hydrogen-bond donors (Lipinski definition) is 1. The lowest BCUT2D eigenvalue weighted by Crippen LogP contribution is -1.89. The van der Waals surface area contributed by atoms with Gasteiger partial charge in [-0.1, -0.05) is 24.8 Å². The highest BCUT2D eigenvalue weighted by atomic mass is 32.1. The first kappa shape index (κ1) is 11.0. The fourth-order valence-corrected chi connectivity index (χ4v) is 1.03. The summed E-state index contributed by atoms with van der Waals surface area (Å²) < 4.78 is 5.10. The maximum Gasteiger partial charge on any atom is 0.120 e. The SMILES string of the molecule is CCC(S)C#Cc1cccc(OC)c1. The van der Waals surface area contributed by atoms with Gasteiger partial charge >= 0.3 is 0 Å². The molecule has 0 aliphatic heterocycles. The zero-order chi connectivity index (χ0) is 10.4. The van der Waals surface area contributed by atoms with E-state index in [1.807, 2.05) is 24.3 Å². The number of hydrogen-bond acceptors (Lipinski definition) is 2. The molecule has 0 radical (unpaired) electrons. The molecule has 74 valence electrons.